The third kappa shape index (κ3) is 5.93. The minimum Gasteiger partial charge on any atom is -0.353 e. The van der Waals surface area contributed by atoms with Crippen molar-refractivity contribution < 1.29 is 18.0 Å². The number of carbonyl (C=O) groups is 1. The van der Waals surface area contributed by atoms with Gasteiger partial charge in [-0.2, -0.15) is 13.2 Å². The van der Waals surface area contributed by atoms with Crippen molar-refractivity contribution in [2.45, 2.75) is 37.0 Å². The molecule has 1 heterocycles. The first-order chi connectivity index (χ1) is 13.8. The molecule has 0 aliphatic heterocycles. The number of halogens is 3. The predicted molar refractivity (Wildman–Crippen MR) is 108 cm³/mol. The van der Waals surface area contributed by atoms with Crippen molar-refractivity contribution in [2.75, 3.05) is 5.75 Å². The van der Waals surface area contributed by atoms with E-state index in [4.69, 9.17) is 0 Å². The fourth-order valence-corrected chi connectivity index (χ4v) is 3.66. The van der Waals surface area contributed by atoms with Gasteiger partial charge < -0.3 is 5.32 Å². The first-order valence-electron chi connectivity index (χ1n) is 9.13. The molecule has 0 radical (unpaired) electrons. The topological polar surface area (TPSA) is 54.9 Å². The molecule has 3 rings (SSSR count). The summed E-state index contributed by atoms with van der Waals surface area (Å²) in [4.78, 5) is 19.5. The van der Waals surface area contributed by atoms with Crippen molar-refractivity contribution in [3.05, 3.63) is 66.0 Å². The van der Waals surface area contributed by atoms with Crippen LogP contribution in [0.1, 0.15) is 24.7 Å². The Morgan fingerprint density at radius 2 is 1.76 bits per heavy atom. The van der Waals surface area contributed by atoms with E-state index >= 15 is 0 Å². The first-order valence-corrected chi connectivity index (χ1v) is 10.1. The Balaban J connectivity index is 1.61. The Labute approximate surface area is 170 Å². The van der Waals surface area contributed by atoms with Gasteiger partial charge in [0, 0.05) is 11.4 Å². The van der Waals surface area contributed by atoms with Gasteiger partial charge in [-0.15, -0.1) is 0 Å². The van der Waals surface area contributed by atoms with Crippen LogP contribution >= 0.6 is 11.8 Å². The van der Waals surface area contributed by atoms with Gasteiger partial charge in [0.25, 0.3) is 0 Å². The number of nitrogens with one attached hydrogen (secondary N) is 1. The lowest BCUT2D eigenvalue weighted by atomic mass is 10.1. The molecule has 4 nitrogen and oxygen atoms in total. The summed E-state index contributed by atoms with van der Waals surface area (Å²) in [5, 5.41) is 3.53. The molecule has 0 aliphatic carbocycles. The van der Waals surface area contributed by atoms with Crippen molar-refractivity contribution in [3.8, 4) is 0 Å². The van der Waals surface area contributed by atoms with Gasteiger partial charge in [0.1, 0.15) is 5.03 Å². The average Bonchev–Trinajstić information content (AvgIpc) is 2.70. The Hall–Kier alpha value is -2.61. The van der Waals surface area contributed by atoms with E-state index in [9.17, 15) is 18.0 Å². The highest BCUT2D eigenvalue weighted by atomic mass is 32.2. The van der Waals surface area contributed by atoms with Gasteiger partial charge in [0.2, 0.25) is 11.7 Å². The third-order valence-corrected chi connectivity index (χ3v) is 5.27. The summed E-state index contributed by atoms with van der Waals surface area (Å²) in [6.45, 7) is 1.91. The van der Waals surface area contributed by atoms with Crippen molar-refractivity contribution in [2.24, 2.45) is 0 Å². The second kappa shape index (κ2) is 9.26. The zero-order valence-corrected chi connectivity index (χ0v) is 16.6. The molecule has 2 aromatic carbocycles. The fourth-order valence-electron chi connectivity index (χ4n) is 2.83. The Kier molecular flexibility index (Phi) is 6.74. The number of alkyl halides is 3. The number of benzene rings is 2. The molecule has 1 amide bonds. The number of nitrogens with zero attached hydrogens (tertiary/aromatic N) is 2. The number of rotatable bonds is 7. The van der Waals surface area contributed by atoms with E-state index in [2.05, 4.69) is 15.3 Å². The molecule has 1 atom stereocenters. The lowest BCUT2D eigenvalue weighted by molar-refractivity contribution is -0.145. The second-order valence-corrected chi connectivity index (χ2v) is 7.61. The molecule has 1 unspecified atom stereocenters. The Bertz CT molecular complexity index is 980. The number of hydrogen-bond donors (Lipinski definition) is 1. The van der Waals surface area contributed by atoms with E-state index in [0.29, 0.717) is 5.39 Å². The highest BCUT2D eigenvalue weighted by molar-refractivity contribution is 8.00. The zero-order valence-electron chi connectivity index (χ0n) is 15.7. The number of hydrogen-bond acceptors (Lipinski definition) is 4. The normalized spacial score (nSPS) is 12.7. The van der Waals surface area contributed by atoms with Crippen LogP contribution in [-0.4, -0.2) is 27.7 Å². The maximum Gasteiger partial charge on any atom is 0.451 e. The van der Waals surface area contributed by atoms with Crippen LogP contribution in [0.2, 0.25) is 0 Å². The van der Waals surface area contributed by atoms with E-state index in [-0.39, 0.29) is 28.2 Å². The number of para-hydroxylation sites is 1. The number of amides is 1. The summed E-state index contributed by atoms with van der Waals surface area (Å²) < 4.78 is 39.2. The SMILES string of the molecule is CC(CCc1ccccc1)NC(=O)CSc1nc(C(F)(F)F)nc2ccccc12. The van der Waals surface area contributed by atoms with Crippen LogP contribution in [-0.2, 0) is 17.4 Å². The number of fused-ring (bicyclic) bond motifs is 1. The third-order valence-electron chi connectivity index (χ3n) is 4.28. The van der Waals surface area contributed by atoms with Crippen LogP contribution < -0.4 is 5.32 Å². The van der Waals surface area contributed by atoms with Crippen molar-refractivity contribution in [1.29, 1.82) is 0 Å². The maximum atomic E-state index is 13.1. The van der Waals surface area contributed by atoms with E-state index in [1.807, 2.05) is 37.3 Å². The fraction of sp³-hybridized carbons (Fsp3) is 0.286. The quantitative estimate of drug-likeness (QED) is 0.438. The van der Waals surface area contributed by atoms with Crippen LogP contribution in [0.15, 0.2) is 59.6 Å². The molecular formula is C21H20F3N3OS. The van der Waals surface area contributed by atoms with Gasteiger partial charge in [0.05, 0.1) is 11.3 Å². The van der Waals surface area contributed by atoms with E-state index < -0.39 is 12.0 Å². The highest BCUT2D eigenvalue weighted by Gasteiger charge is 2.35. The van der Waals surface area contributed by atoms with Crippen LogP contribution in [0.25, 0.3) is 10.9 Å². The van der Waals surface area contributed by atoms with Crippen molar-refractivity contribution in [1.82, 2.24) is 15.3 Å². The van der Waals surface area contributed by atoms with Crippen LogP contribution in [0.4, 0.5) is 13.2 Å². The number of aryl methyl sites for hydroxylation is 1. The Morgan fingerprint density at radius 1 is 1.07 bits per heavy atom. The van der Waals surface area contributed by atoms with Crippen molar-refractivity contribution >= 4 is 28.6 Å². The lowest BCUT2D eigenvalue weighted by Crippen LogP contribution is -2.34. The van der Waals surface area contributed by atoms with Crippen molar-refractivity contribution in [3.63, 3.8) is 0 Å². The van der Waals surface area contributed by atoms with Gasteiger partial charge in [-0.05, 0) is 31.4 Å². The predicted octanol–water partition coefficient (Wildman–Crippen LogP) is 4.88. The number of aromatic nitrogens is 2. The molecule has 29 heavy (non-hydrogen) atoms. The van der Waals surface area contributed by atoms with E-state index in [0.717, 1.165) is 24.6 Å². The molecule has 1 aromatic heterocycles. The molecule has 0 aliphatic rings. The highest BCUT2D eigenvalue weighted by Crippen LogP contribution is 2.31. The minimum atomic E-state index is -4.65. The molecule has 0 spiro atoms. The minimum absolute atomic E-state index is 0.0199. The molecular weight excluding hydrogens is 399 g/mol. The average molecular weight is 419 g/mol. The molecule has 0 saturated carbocycles. The summed E-state index contributed by atoms with van der Waals surface area (Å²) in [5.74, 6) is -1.46. The molecule has 0 fully saturated rings. The lowest BCUT2D eigenvalue weighted by Gasteiger charge is -2.14. The molecule has 152 valence electrons. The molecule has 8 heteroatoms. The molecule has 0 saturated heterocycles. The second-order valence-electron chi connectivity index (χ2n) is 6.65. The largest absolute Gasteiger partial charge is 0.451 e. The van der Waals surface area contributed by atoms with Crippen LogP contribution in [0.5, 0.6) is 0 Å². The summed E-state index contributed by atoms with van der Waals surface area (Å²) >= 11 is 0.982. The van der Waals surface area contributed by atoms with Gasteiger partial charge in [-0.25, -0.2) is 9.97 Å². The number of thioether (sulfide) groups is 1. The van der Waals surface area contributed by atoms with Crippen LogP contribution in [0, 0.1) is 0 Å². The van der Waals surface area contributed by atoms with Gasteiger partial charge in [-0.1, -0.05) is 60.3 Å². The monoisotopic (exact) mass is 419 g/mol. The smallest absolute Gasteiger partial charge is 0.353 e. The Morgan fingerprint density at radius 3 is 2.48 bits per heavy atom. The summed E-state index contributed by atoms with van der Waals surface area (Å²) in [6, 6.07) is 16.4. The first kappa shape index (κ1) is 21.1. The standard InChI is InChI=1S/C21H20F3N3OS/c1-14(11-12-15-7-3-2-4-8-15)25-18(28)13-29-19-16-9-5-6-10-17(16)26-20(27-19)21(22,23)24/h2-10,14H,11-13H2,1H3,(H,25,28). The van der Waals surface area contributed by atoms with Gasteiger partial charge in [0.15, 0.2) is 0 Å². The van der Waals surface area contributed by atoms with E-state index in [1.165, 1.54) is 11.6 Å². The maximum absolute atomic E-state index is 13.1. The summed E-state index contributed by atoms with van der Waals surface area (Å²) in [5.41, 5.74) is 1.39. The van der Waals surface area contributed by atoms with E-state index in [1.54, 1.807) is 18.2 Å². The summed E-state index contributed by atoms with van der Waals surface area (Å²) in [6.07, 6.45) is -3.04. The summed E-state index contributed by atoms with van der Waals surface area (Å²) in [7, 11) is 0. The zero-order chi connectivity index (χ0) is 20.9. The number of carbonyl (C=O) groups excluding carboxylic acids is 1. The van der Waals surface area contributed by atoms with Crippen LogP contribution in [0.3, 0.4) is 0 Å². The molecule has 1 N–H and O–H groups in total. The van der Waals surface area contributed by atoms with Gasteiger partial charge >= 0.3 is 6.18 Å². The molecule has 3 aromatic rings. The van der Waals surface area contributed by atoms with Gasteiger partial charge in [-0.3, -0.25) is 4.79 Å². The molecule has 0 bridgehead atoms.